The monoisotopic (exact) mass is 403 g/mol. The highest BCUT2D eigenvalue weighted by Gasteiger charge is 2.21. The molecule has 0 radical (unpaired) electrons. The summed E-state index contributed by atoms with van der Waals surface area (Å²) < 4.78 is 5.88. The molecule has 1 aromatic rings. The molecule has 2 fully saturated rings. The van der Waals surface area contributed by atoms with Crippen LogP contribution in [0.2, 0.25) is 0 Å². The quantitative estimate of drug-likeness (QED) is 0.662. The summed E-state index contributed by atoms with van der Waals surface area (Å²) in [5.41, 5.74) is 6.54. The molecule has 3 rings (SSSR count). The largest absolute Gasteiger partial charge is 0.491 e. The number of aliphatic hydroxyl groups is 1. The Bertz CT molecular complexity index is 624. The van der Waals surface area contributed by atoms with Crippen LogP contribution in [0.5, 0.6) is 5.75 Å². The van der Waals surface area contributed by atoms with Crippen molar-refractivity contribution in [1.29, 1.82) is 0 Å². The van der Waals surface area contributed by atoms with Crippen LogP contribution in [0.25, 0.3) is 0 Å². The van der Waals surface area contributed by atoms with Gasteiger partial charge < -0.3 is 20.5 Å². The number of nitrogens with zero attached hydrogens (tertiary/aromatic N) is 2. The molecule has 2 heterocycles. The lowest BCUT2D eigenvalue weighted by Crippen LogP contribution is -2.36. The average molecular weight is 404 g/mol. The summed E-state index contributed by atoms with van der Waals surface area (Å²) in [6.45, 7) is 6.08. The maximum absolute atomic E-state index is 11.1. The Balaban J connectivity index is 1.40. The number of hydrogen-bond donors (Lipinski definition) is 2. The second kappa shape index (κ2) is 11.5. The summed E-state index contributed by atoms with van der Waals surface area (Å²) in [5, 5.41) is 10.4. The van der Waals surface area contributed by atoms with E-state index in [0.29, 0.717) is 25.5 Å². The van der Waals surface area contributed by atoms with E-state index in [1.807, 2.05) is 12.1 Å². The number of piperidine rings is 1. The molecule has 0 aromatic heterocycles. The van der Waals surface area contributed by atoms with Gasteiger partial charge >= 0.3 is 0 Å². The number of likely N-dealkylation sites (tertiary alicyclic amines) is 2. The molecule has 6 nitrogen and oxygen atoms in total. The van der Waals surface area contributed by atoms with E-state index in [2.05, 4.69) is 21.9 Å². The van der Waals surface area contributed by atoms with Gasteiger partial charge in [-0.25, -0.2) is 0 Å². The summed E-state index contributed by atoms with van der Waals surface area (Å²) in [6, 6.07) is 8.18. The van der Waals surface area contributed by atoms with Gasteiger partial charge in [-0.3, -0.25) is 9.69 Å². The van der Waals surface area contributed by atoms with Crippen molar-refractivity contribution in [1.82, 2.24) is 9.80 Å². The Hall–Kier alpha value is -1.63. The Labute approximate surface area is 175 Å². The predicted octanol–water partition coefficient (Wildman–Crippen LogP) is 2.39. The number of β-amino-alcohol motifs (C(OH)–C–C–N with tert-alkyl or cyclic N) is 1. The van der Waals surface area contributed by atoms with E-state index in [1.165, 1.54) is 31.2 Å². The average Bonchev–Trinajstić information content (AvgIpc) is 2.96. The standard InChI is InChI=1S/C23H37N3O3/c24-23(28)15-19-8-12-26(13-9-19)16-20-6-5-7-22(14-20)29-18-21(27)17-25-10-3-1-2-4-11-25/h5-7,14,19,21,27H,1-4,8-13,15-18H2,(H2,24,28). The van der Waals surface area contributed by atoms with Gasteiger partial charge in [0.15, 0.2) is 0 Å². The lowest BCUT2D eigenvalue weighted by molar-refractivity contribution is -0.119. The molecule has 2 aliphatic heterocycles. The topological polar surface area (TPSA) is 79.0 Å². The van der Waals surface area contributed by atoms with Gasteiger partial charge in [0.05, 0.1) is 0 Å². The molecule has 1 unspecified atom stereocenters. The van der Waals surface area contributed by atoms with Gasteiger partial charge in [0, 0.05) is 19.5 Å². The van der Waals surface area contributed by atoms with Gasteiger partial charge in [0.2, 0.25) is 5.91 Å². The maximum atomic E-state index is 11.1. The minimum absolute atomic E-state index is 0.189. The molecule has 1 amide bonds. The number of primary amides is 1. The van der Waals surface area contributed by atoms with Crippen molar-refractivity contribution in [2.45, 2.75) is 57.6 Å². The zero-order valence-corrected chi connectivity index (χ0v) is 17.6. The molecule has 0 bridgehead atoms. The summed E-state index contributed by atoms with van der Waals surface area (Å²) in [5.74, 6) is 1.07. The third-order valence-corrected chi connectivity index (χ3v) is 6.11. The van der Waals surface area contributed by atoms with E-state index in [0.717, 1.165) is 51.3 Å². The SMILES string of the molecule is NC(=O)CC1CCN(Cc2cccc(OCC(O)CN3CCCCCC3)c2)CC1. The Morgan fingerprint density at radius 2 is 1.83 bits per heavy atom. The lowest BCUT2D eigenvalue weighted by Gasteiger charge is -2.31. The van der Waals surface area contributed by atoms with Gasteiger partial charge in [0.25, 0.3) is 0 Å². The Morgan fingerprint density at radius 1 is 1.10 bits per heavy atom. The number of rotatable bonds is 9. The van der Waals surface area contributed by atoms with Gasteiger partial charge in [-0.15, -0.1) is 0 Å². The van der Waals surface area contributed by atoms with E-state index in [9.17, 15) is 9.90 Å². The fraction of sp³-hybridized carbons (Fsp3) is 0.696. The van der Waals surface area contributed by atoms with Crippen LogP contribution in [0.1, 0.15) is 50.5 Å². The molecule has 1 aromatic carbocycles. The number of nitrogens with two attached hydrogens (primary N) is 1. The van der Waals surface area contributed by atoms with Crippen molar-refractivity contribution in [2.75, 3.05) is 39.3 Å². The van der Waals surface area contributed by atoms with Crippen LogP contribution >= 0.6 is 0 Å². The molecule has 6 heteroatoms. The smallest absolute Gasteiger partial charge is 0.217 e. The highest BCUT2D eigenvalue weighted by molar-refractivity contribution is 5.73. The first-order valence-electron chi connectivity index (χ1n) is 11.2. The van der Waals surface area contributed by atoms with Crippen molar-refractivity contribution >= 4 is 5.91 Å². The van der Waals surface area contributed by atoms with Crippen LogP contribution in [0.3, 0.4) is 0 Å². The summed E-state index contributed by atoms with van der Waals surface area (Å²) in [4.78, 5) is 15.9. The van der Waals surface area contributed by atoms with E-state index in [-0.39, 0.29) is 5.91 Å². The number of benzene rings is 1. The molecule has 0 saturated carbocycles. The summed E-state index contributed by atoms with van der Waals surface area (Å²) >= 11 is 0. The van der Waals surface area contributed by atoms with Crippen LogP contribution in [0.4, 0.5) is 0 Å². The van der Waals surface area contributed by atoms with Crippen LogP contribution in [0, 0.1) is 5.92 Å². The van der Waals surface area contributed by atoms with E-state index >= 15 is 0 Å². The number of carbonyl (C=O) groups excluding carboxylic acids is 1. The number of ether oxygens (including phenoxy) is 1. The molecule has 2 saturated heterocycles. The van der Waals surface area contributed by atoms with Gasteiger partial charge in [-0.1, -0.05) is 25.0 Å². The minimum Gasteiger partial charge on any atom is -0.491 e. The number of aliphatic hydroxyl groups excluding tert-OH is 1. The Morgan fingerprint density at radius 3 is 2.52 bits per heavy atom. The first-order chi connectivity index (χ1) is 14.1. The van der Waals surface area contributed by atoms with Gasteiger partial charge in [-0.05, 0) is 75.5 Å². The first-order valence-corrected chi connectivity index (χ1v) is 11.2. The zero-order valence-electron chi connectivity index (χ0n) is 17.6. The minimum atomic E-state index is -0.457. The molecular formula is C23H37N3O3. The second-order valence-corrected chi connectivity index (χ2v) is 8.72. The molecular weight excluding hydrogens is 366 g/mol. The van der Waals surface area contributed by atoms with Gasteiger partial charge in [-0.2, -0.15) is 0 Å². The van der Waals surface area contributed by atoms with Crippen LogP contribution in [0.15, 0.2) is 24.3 Å². The summed E-state index contributed by atoms with van der Waals surface area (Å²) in [6.07, 6.45) is 7.18. The molecule has 3 N–H and O–H groups in total. The zero-order chi connectivity index (χ0) is 20.5. The molecule has 0 aliphatic carbocycles. The fourth-order valence-electron chi connectivity index (χ4n) is 4.49. The molecule has 0 spiro atoms. The van der Waals surface area contributed by atoms with E-state index < -0.39 is 6.10 Å². The van der Waals surface area contributed by atoms with Crippen molar-refractivity contribution in [3.05, 3.63) is 29.8 Å². The highest BCUT2D eigenvalue weighted by atomic mass is 16.5. The van der Waals surface area contributed by atoms with Crippen molar-refractivity contribution < 1.29 is 14.6 Å². The molecule has 29 heavy (non-hydrogen) atoms. The first kappa shape index (κ1) is 22.1. The lowest BCUT2D eigenvalue weighted by atomic mass is 9.93. The van der Waals surface area contributed by atoms with Crippen molar-refractivity contribution in [2.24, 2.45) is 11.7 Å². The Kier molecular flexibility index (Phi) is 8.77. The highest BCUT2D eigenvalue weighted by Crippen LogP contribution is 2.23. The van der Waals surface area contributed by atoms with Crippen LogP contribution < -0.4 is 10.5 Å². The van der Waals surface area contributed by atoms with Crippen molar-refractivity contribution in [3.63, 3.8) is 0 Å². The summed E-state index contributed by atoms with van der Waals surface area (Å²) in [7, 11) is 0. The predicted molar refractivity (Wildman–Crippen MR) is 115 cm³/mol. The molecule has 2 aliphatic rings. The van der Waals surface area contributed by atoms with Crippen LogP contribution in [-0.4, -0.2) is 66.2 Å². The number of hydrogen-bond acceptors (Lipinski definition) is 5. The van der Waals surface area contributed by atoms with E-state index in [1.54, 1.807) is 0 Å². The molecule has 1 atom stereocenters. The van der Waals surface area contributed by atoms with E-state index in [4.69, 9.17) is 10.5 Å². The third-order valence-electron chi connectivity index (χ3n) is 6.11. The fourth-order valence-corrected chi connectivity index (χ4v) is 4.49. The molecule has 162 valence electrons. The maximum Gasteiger partial charge on any atom is 0.217 e. The van der Waals surface area contributed by atoms with Crippen molar-refractivity contribution in [3.8, 4) is 5.75 Å². The van der Waals surface area contributed by atoms with Crippen LogP contribution in [-0.2, 0) is 11.3 Å². The number of carbonyl (C=O) groups is 1. The number of amides is 1. The second-order valence-electron chi connectivity index (χ2n) is 8.72. The van der Waals surface area contributed by atoms with Gasteiger partial charge in [0.1, 0.15) is 18.5 Å². The normalized spacial score (nSPS) is 20.9. The third kappa shape index (κ3) is 7.96.